The van der Waals surface area contributed by atoms with Gasteiger partial charge in [0.05, 0.1) is 13.2 Å². The number of aromatic nitrogens is 1. The summed E-state index contributed by atoms with van der Waals surface area (Å²) in [5, 5.41) is 0. The van der Waals surface area contributed by atoms with Crippen molar-refractivity contribution >= 4 is 0 Å². The van der Waals surface area contributed by atoms with Crippen molar-refractivity contribution in [2.75, 3.05) is 13.7 Å². The van der Waals surface area contributed by atoms with E-state index in [-0.39, 0.29) is 6.04 Å². The largest absolute Gasteiger partial charge is 0.496 e. The van der Waals surface area contributed by atoms with Gasteiger partial charge >= 0.3 is 0 Å². The molecule has 4 nitrogen and oxygen atoms in total. The summed E-state index contributed by atoms with van der Waals surface area (Å²) >= 11 is 0. The molecule has 162 valence electrons. The average molecular weight is 425 g/mol. The first-order valence-electron chi connectivity index (χ1n) is 11.2. The van der Waals surface area contributed by atoms with E-state index in [1.807, 2.05) is 48.5 Å². The first-order valence-corrected chi connectivity index (χ1v) is 11.2. The van der Waals surface area contributed by atoms with Crippen molar-refractivity contribution in [3.8, 4) is 17.2 Å². The maximum atomic E-state index is 6.16. The number of rotatable bonds is 6. The van der Waals surface area contributed by atoms with E-state index in [9.17, 15) is 0 Å². The summed E-state index contributed by atoms with van der Waals surface area (Å²) < 4.78 is 14.2. The maximum Gasteiger partial charge on any atom is 0.127 e. The van der Waals surface area contributed by atoms with Gasteiger partial charge in [0, 0.05) is 37.1 Å². The van der Waals surface area contributed by atoms with E-state index in [2.05, 4.69) is 58.1 Å². The monoisotopic (exact) mass is 424 g/mol. The van der Waals surface area contributed by atoms with Crippen molar-refractivity contribution in [3.63, 3.8) is 0 Å². The molecule has 2 heterocycles. The van der Waals surface area contributed by atoms with E-state index in [1.54, 1.807) is 7.11 Å². The summed E-state index contributed by atoms with van der Waals surface area (Å²) in [5.74, 6) is 2.64. The van der Waals surface area contributed by atoms with Crippen LogP contribution in [0.4, 0.5) is 0 Å². The molecule has 1 aliphatic heterocycles. The minimum absolute atomic E-state index is 0.136. The lowest BCUT2D eigenvalue weighted by atomic mass is 10.0. The Kier molecular flexibility index (Phi) is 5.95. The van der Waals surface area contributed by atoms with Crippen LogP contribution in [-0.2, 0) is 13.1 Å². The molecule has 0 spiro atoms. The van der Waals surface area contributed by atoms with Gasteiger partial charge in [-0.15, -0.1) is 0 Å². The molecule has 32 heavy (non-hydrogen) atoms. The predicted octanol–water partition coefficient (Wildman–Crippen LogP) is 6.28. The second kappa shape index (κ2) is 9.33. The van der Waals surface area contributed by atoms with Gasteiger partial charge in [0.1, 0.15) is 17.2 Å². The molecule has 0 bridgehead atoms. The summed E-state index contributed by atoms with van der Waals surface area (Å²) in [7, 11) is 1.74. The Hall–Kier alpha value is -3.50. The van der Waals surface area contributed by atoms with E-state index in [4.69, 9.17) is 9.47 Å². The van der Waals surface area contributed by atoms with E-state index >= 15 is 0 Å². The quantitative estimate of drug-likeness (QED) is 0.364. The zero-order valence-electron chi connectivity index (χ0n) is 18.4. The highest BCUT2D eigenvalue weighted by Crippen LogP contribution is 2.36. The third-order valence-electron chi connectivity index (χ3n) is 6.07. The molecule has 1 aliphatic rings. The minimum atomic E-state index is 0.136. The molecule has 0 N–H and O–H groups in total. The highest BCUT2D eigenvalue weighted by molar-refractivity contribution is 5.39. The van der Waals surface area contributed by atoms with Crippen molar-refractivity contribution in [1.82, 2.24) is 9.47 Å². The zero-order valence-corrected chi connectivity index (χ0v) is 18.4. The van der Waals surface area contributed by atoms with Crippen LogP contribution < -0.4 is 9.47 Å². The molecule has 1 aromatic heterocycles. The number of ether oxygens (including phenoxy) is 2. The third-order valence-corrected chi connectivity index (χ3v) is 6.07. The summed E-state index contributed by atoms with van der Waals surface area (Å²) in [5.41, 5.74) is 3.75. The fraction of sp³-hybridized carbons (Fsp3) is 0.214. The highest BCUT2D eigenvalue weighted by Gasteiger charge is 2.28. The molecular weight excluding hydrogens is 396 g/mol. The molecule has 4 heteroatoms. The lowest BCUT2D eigenvalue weighted by Crippen LogP contribution is -2.29. The fourth-order valence-corrected chi connectivity index (χ4v) is 4.62. The Bertz CT molecular complexity index is 1170. The zero-order chi connectivity index (χ0) is 21.8. The molecule has 3 aromatic carbocycles. The van der Waals surface area contributed by atoms with Crippen molar-refractivity contribution in [2.45, 2.75) is 25.6 Å². The number of fused-ring (bicyclic) bond motifs is 1. The van der Waals surface area contributed by atoms with Crippen molar-refractivity contribution in [1.29, 1.82) is 0 Å². The number of hydrogen-bond donors (Lipinski definition) is 0. The minimum Gasteiger partial charge on any atom is -0.496 e. The second-order valence-electron chi connectivity index (χ2n) is 8.15. The molecule has 5 rings (SSSR count). The molecule has 4 aromatic rings. The Morgan fingerprint density at radius 1 is 0.812 bits per heavy atom. The number of methoxy groups -OCH3 is 1. The summed E-state index contributed by atoms with van der Waals surface area (Å²) in [6.07, 6.45) is 3.30. The van der Waals surface area contributed by atoms with Crippen molar-refractivity contribution in [3.05, 3.63) is 114 Å². The third kappa shape index (κ3) is 4.27. The van der Waals surface area contributed by atoms with Crippen molar-refractivity contribution in [2.24, 2.45) is 0 Å². The molecule has 1 atom stereocenters. The molecule has 0 saturated carbocycles. The van der Waals surface area contributed by atoms with Crippen LogP contribution >= 0.6 is 0 Å². The van der Waals surface area contributed by atoms with Gasteiger partial charge in [-0.25, -0.2) is 0 Å². The van der Waals surface area contributed by atoms with Crippen LogP contribution in [0.25, 0.3) is 0 Å². The predicted molar refractivity (Wildman–Crippen MR) is 127 cm³/mol. The Morgan fingerprint density at radius 3 is 2.50 bits per heavy atom. The van der Waals surface area contributed by atoms with Gasteiger partial charge in [-0.2, -0.15) is 0 Å². The van der Waals surface area contributed by atoms with Gasteiger partial charge in [0.25, 0.3) is 0 Å². The first kappa shape index (κ1) is 20.4. The number of aryl methyl sites for hydroxylation is 1. The Labute approximate surface area is 189 Å². The normalized spacial score (nSPS) is 16.2. The first-order chi connectivity index (χ1) is 15.8. The van der Waals surface area contributed by atoms with E-state index in [0.717, 1.165) is 43.3 Å². The number of para-hydroxylation sites is 2. The van der Waals surface area contributed by atoms with E-state index in [0.29, 0.717) is 0 Å². The van der Waals surface area contributed by atoms with Crippen LogP contribution in [-0.4, -0.2) is 23.1 Å². The molecule has 0 amide bonds. The summed E-state index contributed by atoms with van der Waals surface area (Å²) in [6.45, 7) is 2.86. The van der Waals surface area contributed by atoms with Gasteiger partial charge in [0.2, 0.25) is 0 Å². The average Bonchev–Trinajstić information content (AvgIpc) is 3.21. The second-order valence-corrected chi connectivity index (χ2v) is 8.15. The van der Waals surface area contributed by atoms with Gasteiger partial charge < -0.3 is 14.0 Å². The van der Waals surface area contributed by atoms with Gasteiger partial charge in [-0.1, -0.05) is 48.5 Å². The van der Waals surface area contributed by atoms with Gasteiger partial charge in [-0.05, 0) is 54.4 Å². The Balaban J connectivity index is 1.52. The van der Waals surface area contributed by atoms with Gasteiger partial charge in [-0.3, -0.25) is 4.90 Å². The molecule has 0 radical (unpaired) electrons. The maximum absolute atomic E-state index is 6.16. The fourth-order valence-electron chi connectivity index (χ4n) is 4.62. The number of benzene rings is 3. The van der Waals surface area contributed by atoms with Crippen LogP contribution in [0.15, 0.2) is 97.2 Å². The lowest BCUT2D eigenvalue weighted by Gasteiger charge is -2.31. The topological polar surface area (TPSA) is 26.6 Å². The van der Waals surface area contributed by atoms with Crippen LogP contribution in [0.5, 0.6) is 17.2 Å². The molecule has 0 aliphatic carbocycles. The van der Waals surface area contributed by atoms with Crippen LogP contribution in [0.2, 0.25) is 0 Å². The number of nitrogens with zero attached hydrogens (tertiary/aromatic N) is 2. The van der Waals surface area contributed by atoms with Crippen LogP contribution in [0.1, 0.15) is 29.3 Å². The molecule has 0 unspecified atom stereocenters. The smallest absolute Gasteiger partial charge is 0.127 e. The van der Waals surface area contributed by atoms with E-state index < -0.39 is 0 Å². The molecule has 0 fully saturated rings. The Morgan fingerprint density at radius 2 is 1.62 bits per heavy atom. The summed E-state index contributed by atoms with van der Waals surface area (Å²) in [6, 6.07) is 31.3. The number of hydrogen-bond acceptors (Lipinski definition) is 3. The highest BCUT2D eigenvalue weighted by atomic mass is 16.5. The van der Waals surface area contributed by atoms with Gasteiger partial charge in [0.15, 0.2) is 0 Å². The van der Waals surface area contributed by atoms with Crippen LogP contribution in [0.3, 0.4) is 0 Å². The van der Waals surface area contributed by atoms with Crippen molar-refractivity contribution < 1.29 is 9.47 Å². The molecule has 0 saturated heterocycles. The lowest BCUT2D eigenvalue weighted by molar-refractivity contribution is 0.217. The standard InChI is InChI=1S/C28H28N2O2/c1-31-27-16-6-5-10-23(27)21-30-19-9-18-29-17-8-15-26(29)28(30)22-11-7-14-25(20-22)32-24-12-3-2-4-13-24/h2-8,10-17,20,28H,9,18-19,21H2,1H3/t28-/m1/s1. The van der Waals surface area contributed by atoms with E-state index in [1.165, 1.54) is 16.8 Å². The molecular formula is C28H28N2O2. The SMILES string of the molecule is COc1ccccc1CN1CCCn2cccc2[C@H]1c1cccc(Oc2ccccc2)c1. The summed E-state index contributed by atoms with van der Waals surface area (Å²) in [4.78, 5) is 2.55. The van der Waals surface area contributed by atoms with Crippen LogP contribution in [0, 0.1) is 0 Å².